The van der Waals surface area contributed by atoms with Crippen LogP contribution in [0.2, 0.25) is 10.0 Å². The summed E-state index contributed by atoms with van der Waals surface area (Å²) in [6.45, 7) is 0. The average molecular weight is 320 g/mol. The zero-order valence-corrected chi connectivity index (χ0v) is 13.2. The summed E-state index contributed by atoms with van der Waals surface area (Å²) in [5.74, 6) is -0.0933. The highest BCUT2D eigenvalue weighted by Crippen LogP contribution is 2.36. The lowest BCUT2D eigenvalue weighted by atomic mass is 10.1. The fourth-order valence-corrected chi connectivity index (χ4v) is 3.30. The van der Waals surface area contributed by atoms with Gasteiger partial charge in [-0.05, 0) is 42.2 Å². The molecule has 0 bridgehead atoms. The third kappa shape index (κ3) is 2.66. The van der Waals surface area contributed by atoms with Gasteiger partial charge < -0.3 is 4.90 Å². The molecule has 0 aliphatic heterocycles. The molecule has 1 aliphatic rings. The lowest BCUT2D eigenvalue weighted by Crippen LogP contribution is -2.30. The summed E-state index contributed by atoms with van der Waals surface area (Å²) < 4.78 is 0. The highest BCUT2D eigenvalue weighted by atomic mass is 35.5. The molecule has 2 aromatic rings. The van der Waals surface area contributed by atoms with Gasteiger partial charge in [-0.2, -0.15) is 0 Å². The lowest BCUT2D eigenvalue weighted by Gasteiger charge is -2.26. The molecule has 1 aliphatic carbocycles. The minimum atomic E-state index is -0.0933. The summed E-state index contributed by atoms with van der Waals surface area (Å²) in [5.41, 5.74) is 3.00. The molecule has 21 heavy (non-hydrogen) atoms. The van der Waals surface area contributed by atoms with E-state index in [1.165, 1.54) is 11.1 Å². The van der Waals surface area contributed by atoms with Crippen LogP contribution in [0.3, 0.4) is 0 Å². The molecule has 0 saturated heterocycles. The zero-order valence-electron chi connectivity index (χ0n) is 11.6. The molecule has 0 spiro atoms. The van der Waals surface area contributed by atoms with E-state index in [0.29, 0.717) is 15.6 Å². The number of hydrogen-bond acceptors (Lipinski definition) is 1. The summed E-state index contributed by atoms with van der Waals surface area (Å²) >= 11 is 12.1. The summed E-state index contributed by atoms with van der Waals surface area (Å²) in [4.78, 5) is 14.5. The van der Waals surface area contributed by atoms with Crippen LogP contribution < -0.4 is 0 Å². The van der Waals surface area contributed by atoms with Crippen molar-refractivity contribution < 1.29 is 4.79 Å². The second-order valence-corrected chi connectivity index (χ2v) is 6.14. The minimum absolute atomic E-state index is 0.0933. The standard InChI is InChI=1S/C17H15Cl2NO/c1-20(16-9-6-11-4-2-3-5-13(11)16)17(21)14-10-12(18)7-8-15(14)19/h2-5,7-8,10,16H,6,9H2,1H3/t16-/m0/s1. The van der Waals surface area contributed by atoms with Crippen LogP contribution in [-0.2, 0) is 6.42 Å². The Morgan fingerprint density at radius 1 is 1.19 bits per heavy atom. The number of hydrogen-bond donors (Lipinski definition) is 0. The molecule has 0 N–H and O–H groups in total. The van der Waals surface area contributed by atoms with Crippen LogP contribution in [0.15, 0.2) is 42.5 Å². The second-order valence-electron chi connectivity index (χ2n) is 5.29. The molecule has 0 heterocycles. The number of carbonyl (C=O) groups excluding carboxylic acids is 1. The van der Waals surface area contributed by atoms with Crippen LogP contribution >= 0.6 is 23.2 Å². The van der Waals surface area contributed by atoms with Gasteiger partial charge in [-0.25, -0.2) is 0 Å². The zero-order chi connectivity index (χ0) is 15.0. The predicted molar refractivity (Wildman–Crippen MR) is 86.1 cm³/mol. The van der Waals surface area contributed by atoms with Crippen molar-refractivity contribution in [2.45, 2.75) is 18.9 Å². The lowest BCUT2D eigenvalue weighted by molar-refractivity contribution is 0.0731. The summed E-state index contributed by atoms with van der Waals surface area (Å²) in [6, 6.07) is 13.3. The van der Waals surface area contributed by atoms with E-state index in [1.807, 2.05) is 19.2 Å². The van der Waals surface area contributed by atoms with Gasteiger partial charge in [0.05, 0.1) is 16.6 Å². The van der Waals surface area contributed by atoms with Gasteiger partial charge in [-0.15, -0.1) is 0 Å². The van der Waals surface area contributed by atoms with Crippen molar-refractivity contribution in [2.24, 2.45) is 0 Å². The number of benzene rings is 2. The normalized spacial score (nSPS) is 16.6. The van der Waals surface area contributed by atoms with Crippen molar-refractivity contribution in [3.63, 3.8) is 0 Å². The van der Waals surface area contributed by atoms with Crippen molar-refractivity contribution in [3.8, 4) is 0 Å². The number of carbonyl (C=O) groups is 1. The Bertz CT molecular complexity index is 699. The van der Waals surface area contributed by atoms with Gasteiger partial charge in [0.2, 0.25) is 0 Å². The number of aryl methyl sites for hydroxylation is 1. The molecular weight excluding hydrogens is 305 g/mol. The van der Waals surface area contributed by atoms with E-state index in [1.54, 1.807) is 23.1 Å². The van der Waals surface area contributed by atoms with Crippen LogP contribution in [0, 0.1) is 0 Å². The van der Waals surface area contributed by atoms with Gasteiger partial charge in [0.1, 0.15) is 0 Å². The third-order valence-electron chi connectivity index (χ3n) is 4.05. The topological polar surface area (TPSA) is 20.3 Å². The van der Waals surface area contributed by atoms with Crippen molar-refractivity contribution >= 4 is 29.1 Å². The molecule has 3 rings (SSSR count). The fraction of sp³-hybridized carbons (Fsp3) is 0.235. The van der Waals surface area contributed by atoms with E-state index in [4.69, 9.17) is 23.2 Å². The van der Waals surface area contributed by atoms with Crippen molar-refractivity contribution in [3.05, 3.63) is 69.2 Å². The number of nitrogens with zero attached hydrogens (tertiary/aromatic N) is 1. The monoisotopic (exact) mass is 319 g/mol. The smallest absolute Gasteiger partial charge is 0.255 e. The number of fused-ring (bicyclic) bond motifs is 1. The Labute approximate surface area is 134 Å². The van der Waals surface area contributed by atoms with Gasteiger partial charge in [-0.3, -0.25) is 4.79 Å². The Morgan fingerprint density at radius 2 is 1.95 bits per heavy atom. The first kappa shape index (κ1) is 14.4. The number of rotatable bonds is 2. The molecule has 1 atom stereocenters. The van der Waals surface area contributed by atoms with E-state index in [2.05, 4.69) is 12.1 Å². The summed E-state index contributed by atoms with van der Waals surface area (Å²) in [5, 5.41) is 0.950. The van der Waals surface area contributed by atoms with E-state index < -0.39 is 0 Å². The van der Waals surface area contributed by atoms with E-state index in [-0.39, 0.29) is 11.9 Å². The summed E-state index contributed by atoms with van der Waals surface area (Å²) in [6.07, 6.45) is 1.95. The predicted octanol–water partition coefficient (Wildman–Crippen LogP) is 4.75. The van der Waals surface area contributed by atoms with Crippen molar-refractivity contribution in [2.75, 3.05) is 7.05 Å². The largest absolute Gasteiger partial charge is 0.335 e. The molecule has 0 aromatic heterocycles. The Balaban J connectivity index is 1.91. The van der Waals surface area contributed by atoms with Gasteiger partial charge in [-0.1, -0.05) is 47.5 Å². The number of halogens is 2. The minimum Gasteiger partial charge on any atom is -0.335 e. The van der Waals surface area contributed by atoms with E-state index in [0.717, 1.165) is 12.8 Å². The molecule has 4 heteroatoms. The second kappa shape index (κ2) is 5.70. The number of amides is 1. The first-order valence-electron chi connectivity index (χ1n) is 6.88. The molecular formula is C17H15Cl2NO. The third-order valence-corrected chi connectivity index (χ3v) is 4.61. The maximum atomic E-state index is 12.7. The highest BCUT2D eigenvalue weighted by molar-refractivity contribution is 6.35. The first-order valence-corrected chi connectivity index (χ1v) is 7.63. The maximum Gasteiger partial charge on any atom is 0.255 e. The molecule has 2 nitrogen and oxygen atoms in total. The Morgan fingerprint density at radius 3 is 2.76 bits per heavy atom. The van der Waals surface area contributed by atoms with Gasteiger partial charge in [0.15, 0.2) is 0 Å². The molecule has 0 saturated carbocycles. The quantitative estimate of drug-likeness (QED) is 0.782. The van der Waals surface area contributed by atoms with Gasteiger partial charge in [0, 0.05) is 12.1 Å². The van der Waals surface area contributed by atoms with Crippen molar-refractivity contribution in [1.82, 2.24) is 4.90 Å². The van der Waals surface area contributed by atoms with Crippen molar-refractivity contribution in [1.29, 1.82) is 0 Å². The first-order chi connectivity index (χ1) is 10.1. The van der Waals surface area contributed by atoms with Crippen LogP contribution in [0.5, 0.6) is 0 Å². The van der Waals surface area contributed by atoms with Crippen LogP contribution in [0.25, 0.3) is 0 Å². The van der Waals surface area contributed by atoms with Crippen LogP contribution in [0.1, 0.15) is 33.9 Å². The van der Waals surface area contributed by atoms with Crippen LogP contribution in [0.4, 0.5) is 0 Å². The summed E-state index contributed by atoms with van der Waals surface area (Å²) in [7, 11) is 1.83. The van der Waals surface area contributed by atoms with Gasteiger partial charge in [0.25, 0.3) is 5.91 Å². The Kier molecular flexibility index (Phi) is 3.92. The molecule has 0 unspecified atom stereocenters. The SMILES string of the molecule is CN(C(=O)c1cc(Cl)ccc1Cl)[C@H]1CCc2ccccc21. The van der Waals surface area contributed by atoms with E-state index in [9.17, 15) is 4.79 Å². The molecule has 2 aromatic carbocycles. The molecule has 108 valence electrons. The molecule has 1 amide bonds. The average Bonchev–Trinajstić information content (AvgIpc) is 2.92. The molecule has 0 radical (unpaired) electrons. The molecule has 0 fully saturated rings. The fourth-order valence-electron chi connectivity index (χ4n) is 2.93. The Hall–Kier alpha value is -1.51. The maximum absolute atomic E-state index is 12.7. The highest BCUT2D eigenvalue weighted by Gasteiger charge is 2.29. The van der Waals surface area contributed by atoms with Gasteiger partial charge >= 0.3 is 0 Å². The van der Waals surface area contributed by atoms with Crippen LogP contribution in [-0.4, -0.2) is 17.9 Å². The van der Waals surface area contributed by atoms with E-state index >= 15 is 0 Å².